The molecule has 0 radical (unpaired) electrons. The third kappa shape index (κ3) is 5.14. The predicted molar refractivity (Wildman–Crippen MR) is 143 cm³/mol. The normalized spacial score (nSPS) is 11.5. The topological polar surface area (TPSA) is 43.1 Å². The number of thiazole rings is 1. The smallest absolute Gasteiger partial charge is 0.278 e. The maximum Gasteiger partial charge on any atom is 0.278 e. The number of nitrogens with zero attached hydrogens (tertiary/aromatic N) is 4. The fraction of sp³-hybridized carbons (Fsp3) is 0.320. The average molecular weight is 497 g/mol. The van der Waals surface area contributed by atoms with Gasteiger partial charge in [0.25, 0.3) is 5.56 Å². The van der Waals surface area contributed by atoms with Crippen LogP contribution in [0.3, 0.4) is 0 Å². The Bertz CT molecular complexity index is 1350. The van der Waals surface area contributed by atoms with Crippen molar-refractivity contribution in [3.63, 3.8) is 0 Å². The number of aromatic nitrogens is 3. The minimum absolute atomic E-state index is 0.0591. The van der Waals surface area contributed by atoms with Crippen molar-refractivity contribution in [3.8, 4) is 5.69 Å². The molecule has 2 heterocycles. The fourth-order valence-electron chi connectivity index (χ4n) is 3.77. The summed E-state index contributed by atoms with van der Waals surface area (Å²) in [5.74, 6) is 0.738. The second kappa shape index (κ2) is 10.8. The Morgan fingerprint density at radius 3 is 2.45 bits per heavy atom. The molecule has 0 fully saturated rings. The molecule has 0 aliphatic heterocycles. The van der Waals surface area contributed by atoms with Gasteiger partial charge in [0.05, 0.1) is 5.69 Å². The van der Waals surface area contributed by atoms with Gasteiger partial charge >= 0.3 is 0 Å². The summed E-state index contributed by atoms with van der Waals surface area (Å²) in [6.45, 7) is 10.00. The van der Waals surface area contributed by atoms with E-state index in [0.29, 0.717) is 19.5 Å². The van der Waals surface area contributed by atoms with Crippen LogP contribution in [0.25, 0.3) is 16.0 Å². The first kappa shape index (κ1) is 23.9. The van der Waals surface area contributed by atoms with Crippen molar-refractivity contribution in [1.29, 1.82) is 0 Å². The number of likely N-dealkylation sites (N-methyl/N-ethyl adjacent to an activating group) is 1. The number of fused-ring (bicyclic) bond motifs is 1. The molecule has 4 aromatic rings. The third-order valence-corrected chi connectivity index (χ3v) is 8.24. The lowest BCUT2D eigenvalue weighted by Gasteiger charge is -2.18. The van der Waals surface area contributed by atoms with E-state index in [1.807, 2.05) is 47.0 Å². The summed E-state index contributed by atoms with van der Waals surface area (Å²) in [7, 11) is 0. The second-order valence-corrected chi connectivity index (χ2v) is 10.4. The van der Waals surface area contributed by atoms with Crippen LogP contribution in [-0.4, -0.2) is 38.7 Å². The Morgan fingerprint density at radius 1 is 1.06 bits per heavy atom. The van der Waals surface area contributed by atoms with Crippen LogP contribution in [0.4, 0.5) is 0 Å². The largest absolute Gasteiger partial charge is 0.306 e. The van der Waals surface area contributed by atoms with Crippen molar-refractivity contribution < 1.29 is 0 Å². The highest BCUT2D eigenvalue weighted by atomic mass is 32.2. The maximum absolute atomic E-state index is 13.7. The quantitative estimate of drug-likeness (QED) is 0.163. The molecule has 172 valence electrons. The van der Waals surface area contributed by atoms with Crippen molar-refractivity contribution in [1.82, 2.24) is 19.0 Å². The molecule has 0 spiro atoms. The zero-order chi connectivity index (χ0) is 23.4. The van der Waals surface area contributed by atoms with Gasteiger partial charge in [-0.1, -0.05) is 79.4 Å². The van der Waals surface area contributed by atoms with Crippen molar-refractivity contribution in [2.75, 3.05) is 19.6 Å². The van der Waals surface area contributed by atoms with E-state index in [4.69, 9.17) is 17.2 Å². The van der Waals surface area contributed by atoms with Crippen LogP contribution in [-0.2, 0) is 12.3 Å². The minimum atomic E-state index is -0.0591. The molecule has 5 nitrogen and oxygen atoms in total. The lowest BCUT2D eigenvalue weighted by atomic mass is 10.1. The van der Waals surface area contributed by atoms with E-state index < -0.39 is 0 Å². The number of hydrogen-bond acceptors (Lipinski definition) is 6. The zero-order valence-electron chi connectivity index (χ0n) is 19.2. The molecular weight excluding hydrogens is 469 g/mol. The van der Waals surface area contributed by atoms with Gasteiger partial charge in [0.15, 0.2) is 14.8 Å². The summed E-state index contributed by atoms with van der Waals surface area (Å²) < 4.78 is 5.07. The Hall–Kier alpha value is -2.26. The molecule has 0 bridgehead atoms. The monoisotopic (exact) mass is 496 g/mol. The molecule has 4 rings (SSSR count). The van der Waals surface area contributed by atoms with Crippen molar-refractivity contribution in [2.45, 2.75) is 38.2 Å². The van der Waals surface area contributed by atoms with E-state index in [0.717, 1.165) is 37.6 Å². The van der Waals surface area contributed by atoms with E-state index >= 15 is 0 Å². The van der Waals surface area contributed by atoms with Crippen LogP contribution in [0.2, 0.25) is 0 Å². The standard InChI is InChI=1S/C25H28N4OS3/c1-4-27(5-2)15-16-28-22-21(33-25(28)31)23(30)29(20-13-7-6-8-14-20)24(26-22)32-17-19-12-10-9-11-18(19)3/h6-14H,4-5,15-17H2,1-3H3. The summed E-state index contributed by atoms with van der Waals surface area (Å²) in [5.41, 5.74) is 3.92. The average Bonchev–Trinajstić information content (AvgIpc) is 3.15. The van der Waals surface area contributed by atoms with Gasteiger partial charge in [-0.25, -0.2) is 4.98 Å². The molecule has 0 saturated carbocycles. The van der Waals surface area contributed by atoms with Crippen LogP contribution >= 0.6 is 35.3 Å². The molecule has 33 heavy (non-hydrogen) atoms. The SMILES string of the molecule is CCN(CC)CCn1c(=S)sc2c(=O)n(-c3ccccc3)c(SCc3ccccc3C)nc21. The summed E-state index contributed by atoms with van der Waals surface area (Å²) in [6, 6.07) is 18.1. The second-order valence-electron chi connectivity index (χ2n) is 7.78. The molecule has 2 aromatic carbocycles. The summed E-state index contributed by atoms with van der Waals surface area (Å²) in [4.78, 5) is 21.1. The minimum Gasteiger partial charge on any atom is -0.306 e. The van der Waals surface area contributed by atoms with E-state index in [9.17, 15) is 4.79 Å². The van der Waals surface area contributed by atoms with Gasteiger partial charge in [0.1, 0.15) is 4.70 Å². The molecular formula is C25H28N4OS3. The predicted octanol–water partition coefficient (Wildman–Crippen LogP) is 5.92. The molecule has 0 amide bonds. The number of benzene rings is 2. The third-order valence-electron chi connectivity index (χ3n) is 5.83. The number of para-hydroxylation sites is 1. The highest BCUT2D eigenvalue weighted by Crippen LogP contribution is 2.28. The summed E-state index contributed by atoms with van der Waals surface area (Å²) in [6.07, 6.45) is 0. The molecule has 0 N–H and O–H groups in total. The Morgan fingerprint density at radius 2 is 1.76 bits per heavy atom. The van der Waals surface area contributed by atoms with E-state index in [1.165, 1.54) is 22.5 Å². The summed E-state index contributed by atoms with van der Waals surface area (Å²) in [5, 5.41) is 0.686. The zero-order valence-corrected chi connectivity index (χ0v) is 21.6. The first-order valence-electron chi connectivity index (χ1n) is 11.1. The lowest BCUT2D eigenvalue weighted by molar-refractivity contribution is 0.291. The van der Waals surface area contributed by atoms with E-state index in [2.05, 4.69) is 37.8 Å². The van der Waals surface area contributed by atoms with Crippen LogP contribution in [0.5, 0.6) is 0 Å². The van der Waals surface area contributed by atoms with Gasteiger partial charge in [0.2, 0.25) is 0 Å². The number of hydrogen-bond donors (Lipinski definition) is 0. The number of rotatable bonds is 9. The number of thioether (sulfide) groups is 1. The molecule has 0 unspecified atom stereocenters. The first-order valence-corrected chi connectivity index (χ1v) is 13.4. The van der Waals surface area contributed by atoms with Gasteiger partial charge in [-0.2, -0.15) is 0 Å². The Balaban J connectivity index is 1.82. The first-order chi connectivity index (χ1) is 16.0. The highest BCUT2D eigenvalue weighted by Gasteiger charge is 2.18. The van der Waals surface area contributed by atoms with Gasteiger partial charge < -0.3 is 9.47 Å². The molecule has 0 saturated heterocycles. The van der Waals surface area contributed by atoms with Gasteiger partial charge in [-0.3, -0.25) is 9.36 Å². The summed E-state index contributed by atoms with van der Waals surface area (Å²) >= 11 is 8.62. The lowest BCUT2D eigenvalue weighted by Crippen LogP contribution is -2.27. The molecule has 8 heteroatoms. The molecule has 2 aromatic heterocycles. The Labute approximate surface area is 207 Å². The molecule has 0 aliphatic rings. The Kier molecular flexibility index (Phi) is 7.80. The van der Waals surface area contributed by atoms with Crippen LogP contribution in [0.1, 0.15) is 25.0 Å². The van der Waals surface area contributed by atoms with Crippen LogP contribution in [0.15, 0.2) is 64.5 Å². The van der Waals surface area contributed by atoms with Gasteiger partial charge in [-0.15, -0.1) is 0 Å². The van der Waals surface area contributed by atoms with Crippen molar-refractivity contribution in [3.05, 3.63) is 80.0 Å². The van der Waals surface area contributed by atoms with Crippen molar-refractivity contribution >= 4 is 45.7 Å². The fourth-order valence-corrected chi connectivity index (χ4v) is 6.16. The van der Waals surface area contributed by atoms with Crippen LogP contribution < -0.4 is 5.56 Å². The molecule has 0 atom stereocenters. The van der Waals surface area contributed by atoms with Crippen LogP contribution in [0, 0.1) is 10.9 Å². The number of aryl methyl sites for hydroxylation is 1. The highest BCUT2D eigenvalue weighted by molar-refractivity contribution is 7.98. The van der Waals surface area contributed by atoms with Gasteiger partial charge in [0, 0.05) is 18.8 Å². The molecule has 0 aliphatic carbocycles. The van der Waals surface area contributed by atoms with Crippen molar-refractivity contribution in [2.24, 2.45) is 0 Å². The maximum atomic E-state index is 13.7. The van der Waals surface area contributed by atoms with E-state index in [-0.39, 0.29) is 5.56 Å². The van der Waals surface area contributed by atoms with Gasteiger partial charge in [-0.05, 0) is 55.5 Å². The van der Waals surface area contributed by atoms with E-state index in [1.54, 1.807) is 16.3 Å².